The molecule has 0 aliphatic carbocycles. The van der Waals surface area contributed by atoms with Crippen LogP contribution in [0.3, 0.4) is 0 Å². The van der Waals surface area contributed by atoms with E-state index in [0.29, 0.717) is 5.92 Å². The van der Waals surface area contributed by atoms with Gasteiger partial charge in [-0.2, -0.15) is 0 Å². The molecule has 1 N–H and O–H groups in total. The van der Waals surface area contributed by atoms with Gasteiger partial charge < -0.3 is 5.32 Å². The van der Waals surface area contributed by atoms with Crippen LogP contribution in [0, 0.1) is 11.8 Å². The van der Waals surface area contributed by atoms with Crippen molar-refractivity contribution < 1.29 is 4.79 Å². The van der Waals surface area contributed by atoms with E-state index in [0.717, 1.165) is 39.0 Å². The smallest absolute Gasteiger partial charge is 0.222 e. The Morgan fingerprint density at radius 2 is 2.24 bits per heavy atom. The molecule has 0 saturated carbocycles. The highest BCUT2D eigenvalue weighted by molar-refractivity contribution is 7.09. The quantitative estimate of drug-likeness (QED) is 0.836. The summed E-state index contributed by atoms with van der Waals surface area (Å²) in [6.07, 6.45) is 4.47. The van der Waals surface area contributed by atoms with Crippen molar-refractivity contribution in [1.29, 1.82) is 0 Å². The average Bonchev–Trinajstić information content (AvgIpc) is 2.99. The summed E-state index contributed by atoms with van der Waals surface area (Å²) in [6, 6.07) is 4.34. The first-order valence-electron chi connectivity index (χ1n) is 8.21. The van der Waals surface area contributed by atoms with Crippen molar-refractivity contribution in [1.82, 2.24) is 10.2 Å². The van der Waals surface area contributed by atoms with Gasteiger partial charge in [-0.3, -0.25) is 9.69 Å². The molecule has 21 heavy (non-hydrogen) atoms. The fourth-order valence-corrected chi connectivity index (χ4v) is 3.70. The van der Waals surface area contributed by atoms with Crippen LogP contribution in [-0.4, -0.2) is 30.4 Å². The van der Waals surface area contributed by atoms with Crippen LogP contribution in [-0.2, 0) is 11.3 Å². The van der Waals surface area contributed by atoms with Gasteiger partial charge in [0.05, 0.1) is 0 Å². The van der Waals surface area contributed by atoms with E-state index in [2.05, 4.69) is 34.7 Å². The van der Waals surface area contributed by atoms with Crippen LogP contribution in [0.25, 0.3) is 0 Å². The average molecular weight is 308 g/mol. The number of hydrogen-bond acceptors (Lipinski definition) is 3. The molecule has 2 rings (SSSR count). The summed E-state index contributed by atoms with van der Waals surface area (Å²) < 4.78 is 0. The molecule has 0 radical (unpaired) electrons. The monoisotopic (exact) mass is 308 g/mol. The number of rotatable bonds is 7. The van der Waals surface area contributed by atoms with E-state index in [9.17, 15) is 4.79 Å². The first kappa shape index (κ1) is 16.5. The zero-order valence-electron chi connectivity index (χ0n) is 13.3. The molecule has 1 atom stereocenters. The fraction of sp³-hybridized carbons (Fsp3) is 0.706. The normalized spacial score (nSPS) is 18.6. The van der Waals surface area contributed by atoms with E-state index in [1.54, 1.807) is 0 Å². The van der Waals surface area contributed by atoms with Crippen LogP contribution in [0.1, 0.15) is 44.4 Å². The largest absolute Gasteiger partial charge is 0.356 e. The Balaban J connectivity index is 1.64. The third kappa shape index (κ3) is 5.44. The molecule has 1 aliphatic rings. The minimum Gasteiger partial charge on any atom is -0.356 e. The first-order valence-corrected chi connectivity index (χ1v) is 9.09. The molecule has 1 amide bonds. The van der Waals surface area contributed by atoms with E-state index in [1.165, 1.54) is 17.7 Å². The van der Waals surface area contributed by atoms with Crippen molar-refractivity contribution in [2.24, 2.45) is 11.8 Å². The highest BCUT2D eigenvalue weighted by Gasteiger charge is 2.20. The second-order valence-electron chi connectivity index (χ2n) is 6.23. The van der Waals surface area contributed by atoms with Crippen molar-refractivity contribution >= 4 is 17.2 Å². The van der Waals surface area contributed by atoms with Gasteiger partial charge in [-0.1, -0.05) is 26.3 Å². The summed E-state index contributed by atoms with van der Waals surface area (Å²) in [5.74, 6) is 1.05. The maximum atomic E-state index is 11.9. The molecule has 1 aliphatic heterocycles. The van der Waals surface area contributed by atoms with Crippen LogP contribution in [0.2, 0.25) is 0 Å². The second-order valence-corrected chi connectivity index (χ2v) is 7.27. The highest BCUT2D eigenvalue weighted by Crippen LogP contribution is 2.20. The highest BCUT2D eigenvalue weighted by atomic mass is 32.1. The van der Waals surface area contributed by atoms with E-state index in [-0.39, 0.29) is 11.8 Å². The van der Waals surface area contributed by atoms with Gasteiger partial charge in [0.15, 0.2) is 0 Å². The van der Waals surface area contributed by atoms with Gasteiger partial charge in [0, 0.05) is 23.9 Å². The molecule has 118 valence electrons. The molecule has 1 saturated heterocycles. The summed E-state index contributed by atoms with van der Waals surface area (Å²) in [6.45, 7) is 8.42. The Labute approximate surface area is 132 Å². The number of amides is 1. The van der Waals surface area contributed by atoms with Crippen molar-refractivity contribution in [2.75, 3.05) is 19.6 Å². The third-order valence-corrected chi connectivity index (χ3v) is 5.26. The zero-order valence-corrected chi connectivity index (χ0v) is 14.1. The van der Waals surface area contributed by atoms with Gasteiger partial charge in [-0.05, 0) is 49.7 Å². The number of thiophene rings is 1. The van der Waals surface area contributed by atoms with E-state index < -0.39 is 0 Å². The predicted octanol–water partition coefficient (Wildman–Crippen LogP) is 3.51. The summed E-state index contributed by atoms with van der Waals surface area (Å²) in [4.78, 5) is 15.9. The van der Waals surface area contributed by atoms with Crippen molar-refractivity contribution in [3.63, 3.8) is 0 Å². The predicted molar refractivity (Wildman–Crippen MR) is 89.4 cm³/mol. The number of carbonyl (C=O) groups excluding carboxylic acids is 1. The van der Waals surface area contributed by atoms with Gasteiger partial charge >= 0.3 is 0 Å². The lowest BCUT2D eigenvalue weighted by molar-refractivity contribution is -0.124. The molecule has 3 nitrogen and oxygen atoms in total. The number of hydrogen-bond donors (Lipinski definition) is 1. The summed E-state index contributed by atoms with van der Waals surface area (Å²) >= 11 is 1.84. The van der Waals surface area contributed by atoms with Crippen molar-refractivity contribution in [3.8, 4) is 0 Å². The third-order valence-electron chi connectivity index (χ3n) is 4.40. The Bertz CT molecular complexity index is 410. The van der Waals surface area contributed by atoms with Gasteiger partial charge in [0.25, 0.3) is 0 Å². The van der Waals surface area contributed by atoms with Crippen LogP contribution in [0.4, 0.5) is 0 Å². The zero-order chi connectivity index (χ0) is 15.1. The summed E-state index contributed by atoms with van der Waals surface area (Å²) in [5, 5.41) is 5.29. The molecule has 0 unspecified atom stereocenters. The van der Waals surface area contributed by atoms with Crippen LogP contribution in [0.5, 0.6) is 0 Å². The van der Waals surface area contributed by atoms with E-state index >= 15 is 0 Å². The second kappa shape index (κ2) is 8.54. The maximum Gasteiger partial charge on any atom is 0.222 e. The van der Waals surface area contributed by atoms with Gasteiger partial charge in [-0.25, -0.2) is 0 Å². The van der Waals surface area contributed by atoms with Crippen LogP contribution < -0.4 is 5.32 Å². The van der Waals surface area contributed by atoms with E-state index in [1.807, 2.05) is 18.3 Å². The number of carbonyl (C=O) groups is 1. The molecule has 1 fully saturated rings. The summed E-state index contributed by atoms with van der Waals surface area (Å²) in [7, 11) is 0. The topological polar surface area (TPSA) is 32.3 Å². The first-order chi connectivity index (χ1) is 10.2. The van der Waals surface area contributed by atoms with Crippen molar-refractivity contribution in [3.05, 3.63) is 22.4 Å². The van der Waals surface area contributed by atoms with Crippen LogP contribution in [0.15, 0.2) is 17.5 Å². The Hall–Kier alpha value is -0.870. The lowest BCUT2D eigenvalue weighted by Gasteiger charge is -2.31. The summed E-state index contributed by atoms with van der Waals surface area (Å²) in [5.41, 5.74) is 0. The Morgan fingerprint density at radius 3 is 2.86 bits per heavy atom. The standard InChI is InChI=1S/C17H28N2OS/c1-3-5-14(2)17(20)18-12-15-7-9-19(10-8-15)13-16-6-4-11-21-16/h4,6,11,14-15H,3,5,7-10,12-13H2,1-2H3,(H,18,20)/t14-/m1/s1. The molecule has 2 heterocycles. The van der Waals surface area contributed by atoms with E-state index in [4.69, 9.17) is 0 Å². The SMILES string of the molecule is CCC[C@@H](C)C(=O)NCC1CCN(Cc2cccs2)CC1. The molecule has 1 aromatic rings. The number of nitrogens with zero attached hydrogens (tertiary/aromatic N) is 1. The van der Waals surface area contributed by atoms with Crippen molar-refractivity contribution in [2.45, 2.75) is 46.1 Å². The fourth-order valence-electron chi connectivity index (χ4n) is 2.95. The minimum absolute atomic E-state index is 0.161. The van der Waals surface area contributed by atoms with Gasteiger partial charge in [0.1, 0.15) is 0 Å². The maximum absolute atomic E-state index is 11.9. The molecule has 0 bridgehead atoms. The van der Waals surface area contributed by atoms with Crippen LogP contribution >= 0.6 is 11.3 Å². The minimum atomic E-state index is 0.161. The molecular weight excluding hydrogens is 280 g/mol. The Kier molecular flexibility index (Phi) is 6.71. The molecule has 1 aromatic heterocycles. The number of likely N-dealkylation sites (tertiary alicyclic amines) is 1. The lowest BCUT2D eigenvalue weighted by Crippen LogP contribution is -2.39. The number of piperidine rings is 1. The lowest BCUT2D eigenvalue weighted by atomic mass is 9.96. The van der Waals surface area contributed by atoms with Gasteiger partial charge in [-0.15, -0.1) is 11.3 Å². The van der Waals surface area contributed by atoms with Gasteiger partial charge in [0.2, 0.25) is 5.91 Å². The Morgan fingerprint density at radius 1 is 1.48 bits per heavy atom. The molecule has 4 heteroatoms. The molecule has 0 aromatic carbocycles. The molecular formula is C17H28N2OS. The molecule has 0 spiro atoms. The number of nitrogens with one attached hydrogen (secondary N) is 1.